The van der Waals surface area contributed by atoms with E-state index < -0.39 is 4.92 Å². The molecule has 0 amide bonds. The highest BCUT2D eigenvalue weighted by Gasteiger charge is 2.05. The largest absolute Gasteiger partial charge is 0.384 e. The maximum Gasteiger partial charge on any atom is 0.269 e. The molecule has 17 heavy (non-hydrogen) atoms. The number of hydrogen-bond acceptors (Lipinski definition) is 5. The number of nitrogens with two attached hydrogens (primary N) is 1. The zero-order valence-corrected chi connectivity index (χ0v) is 9.55. The van der Waals surface area contributed by atoms with Crippen molar-refractivity contribution >= 4 is 23.3 Å². The smallest absolute Gasteiger partial charge is 0.269 e. The Morgan fingerprint density at radius 2 is 1.88 bits per heavy atom. The first-order valence-corrected chi connectivity index (χ1v) is 5.61. The first-order valence-electron chi connectivity index (χ1n) is 4.80. The van der Waals surface area contributed by atoms with Gasteiger partial charge in [0.15, 0.2) is 0 Å². The Labute approximate surface area is 102 Å². The number of non-ortho nitro benzene ring substituents is 1. The summed E-state index contributed by atoms with van der Waals surface area (Å²) in [4.78, 5) is 15.1. The molecule has 0 spiro atoms. The molecule has 0 aliphatic heterocycles. The van der Waals surface area contributed by atoms with E-state index in [2.05, 4.69) is 4.98 Å². The van der Waals surface area contributed by atoms with Crippen molar-refractivity contribution in [1.82, 2.24) is 4.98 Å². The summed E-state index contributed by atoms with van der Waals surface area (Å²) in [6.07, 6.45) is 0. The summed E-state index contributed by atoms with van der Waals surface area (Å²) in [7, 11) is 0. The van der Waals surface area contributed by atoms with E-state index in [9.17, 15) is 10.1 Å². The van der Waals surface area contributed by atoms with Gasteiger partial charge in [-0.05, 0) is 24.3 Å². The van der Waals surface area contributed by atoms with Crippen LogP contribution in [0, 0.1) is 10.1 Å². The van der Waals surface area contributed by atoms with Gasteiger partial charge >= 0.3 is 0 Å². The van der Waals surface area contributed by atoms with Gasteiger partial charge in [-0.1, -0.05) is 17.8 Å². The maximum atomic E-state index is 10.5. The zero-order valence-electron chi connectivity index (χ0n) is 8.74. The second-order valence-electron chi connectivity index (χ2n) is 3.25. The summed E-state index contributed by atoms with van der Waals surface area (Å²) >= 11 is 1.41. The average Bonchev–Trinajstić information content (AvgIpc) is 2.29. The second kappa shape index (κ2) is 4.84. The lowest BCUT2D eigenvalue weighted by Gasteiger charge is -2.01. The van der Waals surface area contributed by atoms with Crippen LogP contribution in [-0.2, 0) is 0 Å². The van der Waals surface area contributed by atoms with Crippen LogP contribution in [0.2, 0.25) is 0 Å². The molecule has 86 valence electrons. The van der Waals surface area contributed by atoms with E-state index in [1.54, 1.807) is 18.2 Å². The average molecular weight is 247 g/mol. The molecule has 0 bridgehead atoms. The Morgan fingerprint density at radius 1 is 1.18 bits per heavy atom. The lowest BCUT2D eigenvalue weighted by atomic mass is 10.3. The van der Waals surface area contributed by atoms with Crippen molar-refractivity contribution in [2.45, 2.75) is 9.92 Å². The minimum atomic E-state index is -0.423. The molecule has 5 nitrogen and oxygen atoms in total. The Kier molecular flexibility index (Phi) is 3.24. The highest BCUT2D eigenvalue weighted by atomic mass is 32.2. The van der Waals surface area contributed by atoms with E-state index in [0.29, 0.717) is 5.82 Å². The standard InChI is InChI=1S/C11H9N3O2S/c12-10-2-1-3-11(13-10)17-9-6-4-8(5-7-9)14(15)16/h1-7H,(H2,12,13). The van der Waals surface area contributed by atoms with Crippen molar-refractivity contribution in [1.29, 1.82) is 0 Å². The monoisotopic (exact) mass is 247 g/mol. The fraction of sp³-hybridized carbons (Fsp3) is 0. The fourth-order valence-corrected chi connectivity index (χ4v) is 2.06. The van der Waals surface area contributed by atoms with Gasteiger partial charge in [-0.25, -0.2) is 4.98 Å². The van der Waals surface area contributed by atoms with Gasteiger partial charge in [0.2, 0.25) is 0 Å². The third kappa shape index (κ3) is 2.94. The van der Waals surface area contributed by atoms with E-state index in [1.165, 1.54) is 23.9 Å². The lowest BCUT2D eigenvalue weighted by molar-refractivity contribution is -0.384. The Morgan fingerprint density at radius 3 is 2.47 bits per heavy atom. The number of hydrogen-bond donors (Lipinski definition) is 1. The molecule has 1 aromatic heterocycles. The Balaban J connectivity index is 2.16. The molecule has 1 aromatic carbocycles. The van der Waals surface area contributed by atoms with Gasteiger partial charge < -0.3 is 5.73 Å². The summed E-state index contributed by atoms with van der Waals surface area (Å²) in [5.41, 5.74) is 5.64. The number of nitrogen functional groups attached to an aromatic ring is 1. The minimum Gasteiger partial charge on any atom is -0.384 e. The van der Waals surface area contributed by atoms with Gasteiger partial charge in [-0.15, -0.1) is 0 Å². The molecule has 2 N–H and O–H groups in total. The van der Waals surface area contributed by atoms with Crippen LogP contribution in [0.1, 0.15) is 0 Å². The van der Waals surface area contributed by atoms with Crippen molar-refractivity contribution in [2.24, 2.45) is 0 Å². The number of nitro benzene ring substituents is 1. The van der Waals surface area contributed by atoms with Crippen LogP contribution in [-0.4, -0.2) is 9.91 Å². The summed E-state index contributed by atoms with van der Waals surface area (Å²) in [5, 5.41) is 11.2. The van der Waals surface area contributed by atoms with E-state index in [0.717, 1.165) is 9.92 Å². The van der Waals surface area contributed by atoms with Gasteiger partial charge in [0.25, 0.3) is 5.69 Å². The molecule has 0 radical (unpaired) electrons. The normalized spacial score (nSPS) is 10.1. The van der Waals surface area contributed by atoms with Crippen LogP contribution in [0.4, 0.5) is 11.5 Å². The van der Waals surface area contributed by atoms with Crippen LogP contribution >= 0.6 is 11.8 Å². The molecule has 6 heteroatoms. The van der Waals surface area contributed by atoms with Crippen LogP contribution in [0.5, 0.6) is 0 Å². The molecule has 0 saturated heterocycles. The predicted molar refractivity (Wildman–Crippen MR) is 65.9 cm³/mol. The van der Waals surface area contributed by atoms with E-state index in [-0.39, 0.29) is 5.69 Å². The molecule has 0 unspecified atom stereocenters. The number of benzene rings is 1. The number of pyridine rings is 1. The van der Waals surface area contributed by atoms with E-state index in [1.807, 2.05) is 12.1 Å². The third-order valence-corrected chi connectivity index (χ3v) is 2.96. The quantitative estimate of drug-likeness (QED) is 0.666. The molecule has 0 fully saturated rings. The van der Waals surface area contributed by atoms with Crippen molar-refractivity contribution in [3.63, 3.8) is 0 Å². The Hall–Kier alpha value is -2.08. The maximum absolute atomic E-state index is 10.5. The molecule has 2 rings (SSSR count). The molecular weight excluding hydrogens is 238 g/mol. The number of nitrogens with zero attached hydrogens (tertiary/aromatic N) is 2. The van der Waals surface area contributed by atoms with Gasteiger partial charge in [-0.3, -0.25) is 10.1 Å². The minimum absolute atomic E-state index is 0.0786. The first-order chi connectivity index (χ1) is 8.15. The number of anilines is 1. The van der Waals surface area contributed by atoms with Crippen molar-refractivity contribution in [3.05, 3.63) is 52.6 Å². The van der Waals surface area contributed by atoms with Gasteiger partial charge in [0.05, 0.1) is 4.92 Å². The van der Waals surface area contributed by atoms with E-state index in [4.69, 9.17) is 5.73 Å². The summed E-state index contributed by atoms with van der Waals surface area (Å²) in [6.45, 7) is 0. The van der Waals surface area contributed by atoms with Gasteiger partial charge in [-0.2, -0.15) is 0 Å². The predicted octanol–water partition coefficient (Wildman–Crippen LogP) is 2.72. The Bertz CT molecular complexity index is 543. The highest BCUT2D eigenvalue weighted by Crippen LogP contribution is 2.27. The summed E-state index contributed by atoms with van der Waals surface area (Å²) in [5.74, 6) is 0.455. The highest BCUT2D eigenvalue weighted by molar-refractivity contribution is 7.99. The third-order valence-electron chi connectivity index (χ3n) is 2.02. The number of nitro groups is 1. The van der Waals surface area contributed by atoms with Crippen molar-refractivity contribution in [3.8, 4) is 0 Å². The van der Waals surface area contributed by atoms with Crippen molar-refractivity contribution in [2.75, 3.05) is 5.73 Å². The summed E-state index contributed by atoms with van der Waals surface area (Å²) in [6, 6.07) is 11.7. The van der Waals surface area contributed by atoms with Crippen molar-refractivity contribution < 1.29 is 4.92 Å². The van der Waals surface area contributed by atoms with Crippen LogP contribution < -0.4 is 5.73 Å². The topological polar surface area (TPSA) is 82.0 Å². The number of aromatic nitrogens is 1. The molecule has 0 atom stereocenters. The second-order valence-corrected chi connectivity index (χ2v) is 4.35. The molecule has 0 aliphatic carbocycles. The fourth-order valence-electron chi connectivity index (χ4n) is 1.24. The molecule has 0 aliphatic rings. The molecule has 1 heterocycles. The van der Waals surface area contributed by atoms with E-state index >= 15 is 0 Å². The number of rotatable bonds is 3. The zero-order chi connectivity index (χ0) is 12.3. The van der Waals surface area contributed by atoms with Gasteiger partial charge in [0, 0.05) is 17.0 Å². The first kappa shape index (κ1) is 11.4. The van der Waals surface area contributed by atoms with Crippen LogP contribution in [0.25, 0.3) is 0 Å². The van der Waals surface area contributed by atoms with Crippen LogP contribution in [0.15, 0.2) is 52.4 Å². The van der Waals surface area contributed by atoms with Gasteiger partial charge in [0.1, 0.15) is 10.8 Å². The van der Waals surface area contributed by atoms with Crippen LogP contribution in [0.3, 0.4) is 0 Å². The summed E-state index contributed by atoms with van der Waals surface area (Å²) < 4.78 is 0. The SMILES string of the molecule is Nc1cccc(Sc2ccc([N+](=O)[O-])cc2)n1. The molecule has 0 saturated carbocycles. The molecular formula is C11H9N3O2S. The molecule has 2 aromatic rings. The lowest BCUT2D eigenvalue weighted by Crippen LogP contribution is -1.90.